The third-order valence-electron chi connectivity index (χ3n) is 6.06. The van der Waals surface area contributed by atoms with Crippen molar-refractivity contribution in [1.29, 1.82) is 0 Å². The summed E-state index contributed by atoms with van der Waals surface area (Å²) in [6, 6.07) is 17.0. The summed E-state index contributed by atoms with van der Waals surface area (Å²) >= 11 is 0. The highest BCUT2D eigenvalue weighted by molar-refractivity contribution is 5.84. The molecule has 188 valence electrons. The van der Waals surface area contributed by atoms with E-state index in [1.807, 2.05) is 48.5 Å². The first-order valence-electron chi connectivity index (χ1n) is 12.8. The molecular weight excluding hydrogens is 452 g/mol. The van der Waals surface area contributed by atoms with E-state index in [1.165, 1.54) is 19.3 Å². The van der Waals surface area contributed by atoms with E-state index in [2.05, 4.69) is 51.3 Å². The van der Waals surface area contributed by atoms with Crippen LogP contribution in [0.3, 0.4) is 0 Å². The Morgan fingerprint density at radius 1 is 0.861 bits per heavy atom. The Kier molecular flexibility index (Phi) is 8.49. The van der Waals surface area contributed by atoms with Crippen LogP contribution in [0.2, 0.25) is 0 Å². The maximum absolute atomic E-state index is 12.7. The molecule has 2 aromatic carbocycles. The van der Waals surface area contributed by atoms with Gasteiger partial charge in [-0.05, 0) is 44.0 Å². The molecule has 0 spiro atoms. The van der Waals surface area contributed by atoms with Crippen molar-refractivity contribution >= 4 is 34.5 Å². The van der Waals surface area contributed by atoms with E-state index in [0.29, 0.717) is 29.0 Å². The number of fused-ring (bicyclic) bond motifs is 1. The summed E-state index contributed by atoms with van der Waals surface area (Å²) in [6.45, 7) is 8.75. The van der Waals surface area contributed by atoms with Gasteiger partial charge in [-0.15, -0.1) is 0 Å². The Bertz CT molecular complexity index is 1340. The maximum Gasteiger partial charge on any atom is 0.344 e. The molecule has 0 saturated carbocycles. The number of nitrogens with zero attached hydrogens (tertiary/aromatic N) is 4. The molecule has 0 radical (unpaired) electrons. The van der Waals surface area contributed by atoms with Crippen LogP contribution < -0.4 is 21.2 Å². The minimum Gasteiger partial charge on any atom is -0.422 e. The van der Waals surface area contributed by atoms with Crippen molar-refractivity contribution in [2.24, 2.45) is 0 Å². The molecule has 8 heteroatoms. The van der Waals surface area contributed by atoms with Crippen LogP contribution in [0.15, 0.2) is 63.8 Å². The first-order chi connectivity index (χ1) is 17.6. The first-order valence-corrected chi connectivity index (χ1v) is 12.8. The molecule has 4 aromatic rings. The summed E-state index contributed by atoms with van der Waals surface area (Å²) in [4.78, 5) is 28.6. The first kappa shape index (κ1) is 25.2. The maximum atomic E-state index is 12.7. The van der Waals surface area contributed by atoms with Crippen LogP contribution in [0.5, 0.6) is 0 Å². The number of rotatable bonds is 12. The molecule has 0 atom stereocenters. The smallest absolute Gasteiger partial charge is 0.344 e. The Hall–Kier alpha value is -3.94. The monoisotopic (exact) mass is 486 g/mol. The van der Waals surface area contributed by atoms with Gasteiger partial charge >= 0.3 is 5.63 Å². The molecule has 36 heavy (non-hydrogen) atoms. The molecule has 0 aliphatic rings. The van der Waals surface area contributed by atoms with Gasteiger partial charge in [0.25, 0.3) is 0 Å². The zero-order valence-electron chi connectivity index (χ0n) is 21.3. The molecule has 2 N–H and O–H groups in total. The zero-order valence-corrected chi connectivity index (χ0v) is 21.3. The topological polar surface area (TPSA) is 96.2 Å². The molecule has 0 unspecified atom stereocenters. The average molecular weight is 487 g/mol. The molecule has 0 aliphatic heterocycles. The van der Waals surface area contributed by atoms with E-state index >= 15 is 0 Å². The molecule has 8 nitrogen and oxygen atoms in total. The zero-order chi connectivity index (χ0) is 25.3. The van der Waals surface area contributed by atoms with E-state index in [9.17, 15) is 4.79 Å². The van der Waals surface area contributed by atoms with Crippen LogP contribution >= 0.6 is 0 Å². The van der Waals surface area contributed by atoms with Gasteiger partial charge < -0.3 is 20.0 Å². The second kappa shape index (κ2) is 12.2. The van der Waals surface area contributed by atoms with Gasteiger partial charge in [-0.3, -0.25) is 0 Å². The fraction of sp³-hybridized carbons (Fsp3) is 0.357. The molecule has 0 saturated heterocycles. The van der Waals surface area contributed by atoms with Crippen molar-refractivity contribution in [2.75, 3.05) is 35.2 Å². The second-order valence-corrected chi connectivity index (χ2v) is 8.63. The van der Waals surface area contributed by atoms with Crippen molar-refractivity contribution in [1.82, 2.24) is 15.0 Å². The van der Waals surface area contributed by atoms with Crippen LogP contribution in [-0.4, -0.2) is 34.6 Å². The lowest BCUT2D eigenvalue weighted by atomic mass is 10.1. The fourth-order valence-electron chi connectivity index (χ4n) is 4.04. The third-order valence-corrected chi connectivity index (χ3v) is 6.06. The number of benzene rings is 2. The van der Waals surface area contributed by atoms with Gasteiger partial charge in [-0.25, -0.2) is 4.79 Å². The molecule has 0 bridgehead atoms. The fourth-order valence-corrected chi connectivity index (χ4v) is 4.04. The molecular formula is C28H34N6O2. The number of anilines is 4. The summed E-state index contributed by atoms with van der Waals surface area (Å²) in [5.74, 6) is 1.60. The second-order valence-electron chi connectivity index (χ2n) is 8.63. The van der Waals surface area contributed by atoms with E-state index in [0.717, 1.165) is 42.7 Å². The minimum absolute atomic E-state index is 0.371. The van der Waals surface area contributed by atoms with Crippen LogP contribution in [0.4, 0.5) is 23.5 Å². The summed E-state index contributed by atoms with van der Waals surface area (Å²) < 4.78 is 5.66. The summed E-state index contributed by atoms with van der Waals surface area (Å²) in [5, 5.41) is 7.45. The molecule has 4 rings (SSSR count). The third kappa shape index (κ3) is 6.19. The van der Waals surface area contributed by atoms with Gasteiger partial charge in [-0.2, -0.15) is 15.0 Å². The Morgan fingerprint density at radius 2 is 1.64 bits per heavy atom. The SMILES string of the molecule is CCCCCCNc1nc(Nc2ccc3cc(-c4ccccc4)c(=O)oc3c2)nc(N(CC)CC)n1. The minimum atomic E-state index is -0.371. The van der Waals surface area contributed by atoms with Crippen molar-refractivity contribution in [3.63, 3.8) is 0 Å². The Labute approximate surface area is 211 Å². The summed E-state index contributed by atoms with van der Waals surface area (Å²) in [5.41, 5.74) is 2.23. The lowest BCUT2D eigenvalue weighted by Crippen LogP contribution is -2.25. The van der Waals surface area contributed by atoms with Crippen molar-refractivity contribution in [2.45, 2.75) is 46.5 Å². The van der Waals surface area contributed by atoms with Gasteiger partial charge in [0, 0.05) is 36.8 Å². The molecule has 0 aliphatic carbocycles. The standard InChI is InChI=1S/C28H34N6O2/c1-4-7-8-12-17-29-26-31-27(33-28(32-26)34(5-2)6-3)30-22-16-15-21-18-23(20-13-10-9-11-14-20)25(35)36-24(21)19-22/h9-11,13-16,18-19H,4-8,12,17H2,1-3H3,(H2,29,30,31,32,33). The van der Waals surface area contributed by atoms with E-state index in [1.54, 1.807) is 6.07 Å². The highest BCUT2D eigenvalue weighted by Gasteiger charge is 2.13. The van der Waals surface area contributed by atoms with Gasteiger partial charge in [0.15, 0.2) is 0 Å². The normalized spacial score (nSPS) is 11.0. The highest BCUT2D eigenvalue weighted by atomic mass is 16.4. The summed E-state index contributed by atoms with van der Waals surface area (Å²) in [7, 11) is 0. The number of hydrogen-bond donors (Lipinski definition) is 2. The van der Waals surface area contributed by atoms with E-state index < -0.39 is 0 Å². The van der Waals surface area contributed by atoms with E-state index in [-0.39, 0.29) is 5.63 Å². The number of aromatic nitrogens is 3. The van der Waals surface area contributed by atoms with Gasteiger partial charge in [0.1, 0.15) is 5.58 Å². The lowest BCUT2D eigenvalue weighted by Gasteiger charge is -2.20. The highest BCUT2D eigenvalue weighted by Crippen LogP contribution is 2.25. The quantitative estimate of drug-likeness (QED) is 0.180. The average Bonchev–Trinajstić information content (AvgIpc) is 2.89. The Balaban J connectivity index is 1.59. The van der Waals surface area contributed by atoms with Crippen LogP contribution in [0.1, 0.15) is 46.5 Å². The molecule has 2 heterocycles. The largest absolute Gasteiger partial charge is 0.422 e. The van der Waals surface area contributed by atoms with Crippen LogP contribution in [0, 0.1) is 0 Å². The van der Waals surface area contributed by atoms with Gasteiger partial charge in [0.05, 0.1) is 5.56 Å². The number of hydrogen-bond acceptors (Lipinski definition) is 8. The number of unbranched alkanes of at least 4 members (excludes halogenated alkanes) is 3. The molecule has 2 aromatic heterocycles. The van der Waals surface area contributed by atoms with Crippen molar-refractivity contribution in [3.8, 4) is 11.1 Å². The van der Waals surface area contributed by atoms with Gasteiger partial charge in [0.2, 0.25) is 17.8 Å². The van der Waals surface area contributed by atoms with Crippen LogP contribution in [-0.2, 0) is 0 Å². The van der Waals surface area contributed by atoms with Gasteiger partial charge in [-0.1, -0.05) is 56.5 Å². The van der Waals surface area contributed by atoms with E-state index in [4.69, 9.17) is 4.42 Å². The lowest BCUT2D eigenvalue weighted by molar-refractivity contribution is 0.563. The molecule has 0 amide bonds. The van der Waals surface area contributed by atoms with Crippen LogP contribution in [0.25, 0.3) is 22.1 Å². The Morgan fingerprint density at radius 3 is 2.39 bits per heavy atom. The van der Waals surface area contributed by atoms with Crippen molar-refractivity contribution < 1.29 is 4.42 Å². The molecule has 0 fully saturated rings. The predicted octanol–water partition coefficient (Wildman–Crippen LogP) is 6.23. The summed E-state index contributed by atoms with van der Waals surface area (Å²) in [6.07, 6.45) is 4.67. The predicted molar refractivity (Wildman–Crippen MR) is 147 cm³/mol. The van der Waals surface area contributed by atoms with Crippen molar-refractivity contribution in [3.05, 3.63) is 65.0 Å². The number of nitrogens with one attached hydrogen (secondary N) is 2.